The minimum absolute atomic E-state index is 0.157. The summed E-state index contributed by atoms with van der Waals surface area (Å²) in [4.78, 5) is 12.2. The van der Waals surface area contributed by atoms with Crippen LogP contribution >= 0.6 is 0 Å². The predicted molar refractivity (Wildman–Crippen MR) is 82.4 cm³/mol. The maximum atomic E-state index is 12.2. The monoisotopic (exact) mass is 298 g/mol. The molecule has 4 nitrogen and oxygen atoms in total. The second-order valence-corrected chi connectivity index (χ2v) is 5.18. The van der Waals surface area contributed by atoms with Gasteiger partial charge in [0.15, 0.2) is 11.5 Å². The lowest BCUT2D eigenvalue weighted by molar-refractivity contribution is -0.144. The van der Waals surface area contributed by atoms with E-state index in [9.17, 15) is 4.79 Å². The van der Waals surface area contributed by atoms with Gasteiger partial charge in [0, 0.05) is 0 Å². The molecule has 1 heterocycles. The van der Waals surface area contributed by atoms with Crippen molar-refractivity contribution >= 4 is 5.97 Å². The molecule has 114 valence electrons. The van der Waals surface area contributed by atoms with E-state index >= 15 is 0 Å². The molecule has 0 saturated heterocycles. The second kappa shape index (κ2) is 6.52. The summed E-state index contributed by atoms with van der Waals surface area (Å²) in [5.74, 6) is 1.29. The van der Waals surface area contributed by atoms with Crippen LogP contribution in [0.25, 0.3) is 0 Å². The van der Waals surface area contributed by atoms with E-state index in [-0.39, 0.29) is 6.61 Å². The number of para-hydroxylation sites is 2. The van der Waals surface area contributed by atoms with Crippen LogP contribution in [0.2, 0.25) is 0 Å². The SMILES string of the molecule is CCCc1ccc(OC(=O)[C@@H]2COc3ccccc3O2)cc1. The Morgan fingerprint density at radius 3 is 2.59 bits per heavy atom. The van der Waals surface area contributed by atoms with Crippen molar-refractivity contribution in [3.05, 3.63) is 54.1 Å². The van der Waals surface area contributed by atoms with E-state index in [1.807, 2.05) is 30.3 Å². The molecule has 1 aliphatic heterocycles. The number of esters is 1. The number of ether oxygens (including phenoxy) is 3. The zero-order chi connectivity index (χ0) is 15.4. The summed E-state index contributed by atoms with van der Waals surface area (Å²) >= 11 is 0. The van der Waals surface area contributed by atoms with Crippen LogP contribution in [-0.4, -0.2) is 18.7 Å². The fraction of sp³-hybridized carbons (Fsp3) is 0.278. The van der Waals surface area contributed by atoms with Gasteiger partial charge in [-0.15, -0.1) is 0 Å². The molecular formula is C18H18O4. The largest absolute Gasteiger partial charge is 0.485 e. The lowest BCUT2D eigenvalue weighted by Gasteiger charge is -2.24. The van der Waals surface area contributed by atoms with Crippen molar-refractivity contribution < 1.29 is 19.0 Å². The molecule has 0 amide bonds. The highest BCUT2D eigenvalue weighted by molar-refractivity contribution is 5.78. The number of aryl methyl sites for hydroxylation is 1. The molecule has 0 N–H and O–H groups in total. The summed E-state index contributed by atoms with van der Waals surface area (Å²) in [6.07, 6.45) is 1.36. The summed E-state index contributed by atoms with van der Waals surface area (Å²) < 4.78 is 16.5. The average molecular weight is 298 g/mol. The van der Waals surface area contributed by atoms with Gasteiger partial charge in [0.1, 0.15) is 12.4 Å². The maximum absolute atomic E-state index is 12.2. The van der Waals surface area contributed by atoms with Crippen LogP contribution in [0.1, 0.15) is 18.9 Å². The fourth-order valence-electron chi connectivity index (χ4n) is 2.33. The minimum Gasteiger partial charge on any atom is -0.485 e. The highest BCUT2D eigenvalue weighted by Gasteiger charge is 2.29. The van der Waals surface area contributed by atoms with Gasteiger partial charge in [-0.1, -0.05) is 37.6 Å². The molecule has 0 aromatic heterocycles. The van der Waals surface area contributed by atoms with E-state index in [1.54, 1.807) is 18.2 Å². The van der Waals surface area contributed by atoms with Gasteiger partial charge in [0.2, 0.25) is 6.10 Å². The Labute approximate surface area is 129 Å². The molecule has 0 radical (unpaired) electrons. The van der Waals surface area contributed by atoms with Crippen molar-refractivity contribution in [2.24, 2.45) is 0 Å². The molecule has 4 heteroatoms. The molecule has 0 unspecified atom stereocenters. The Morgan fingerprint density at radius 1 is 1.14 bits per heavy atom. The number of carbonyl (C=O) groups excluding carboxylic acids is 1. The number of fused-ring (bicyclic) bond motifs is 1. The first-order chi connectivity index (χ1) is 10.8. The molecule has 0 spiro atoms. The lowest BCUT2D eigenvalue weighted by Crippen LogP contribution is -2.39. The molecule has 2 aromatic carbocycles. The third-order valence-corrected chi connectivity index (χ3v) is 3.45. The summed E-state index contributed by atoms with van der Waals surface area (Å²) in [7, 11) is 0. The molecule has 0 aliphatic carbocycles. The summed E-state index contributed by atoms with van der Waals surface area (Å²) in [5.41, 5.74) is 1.23. The first-order valence-electron chi connectivity index (χ1n) is 7.45. The van der Waals surface area contributed by atoms with Crippen LogP contribution in [0, 0.1) is 0 Å². The van der Waals surface area contributed by atoms with Gasteiger partial charge in [-0.2, -0.15) is 0 Å². The number of benzene rings is 2. The van der Waals surface area contributed by atoms with Crippen molar-refractivity contribution in [1.29, 1.82) is 0 Å². The Morgan fingerprint density at radius 2 is 1.86 bits per heavy atom. The van der Waals surface area contributed by atoms with Crippen LogP contribution in [-0.2, 0) is 11.2 Å². The molecule has 1 atom stereocenters. The number of rotatable bonds is 4. The van der Waals surface area contributed by atoms with Crippen LogP contribution in [0.5, 0.6) is 17.2 Å². The van der Waals surface area contributed by atoms with E-state index in [0.717, 1.165) is 12.8 Å². The van der Waals surface area contributed by atoms with Crippen LogP contribution in [0.15, 0.2) is 48.5 Å². The zero-order valence-corrected chi connectivity index (χ0v) is 12.5. The van der Waals surface area contributed by atoms with Crippen molar-refractivity contribution in [3.63, 3.8) is 0 Å². The maximum Gasteiger partial charge on any atom is 0.356 e. The molecule has 3 rings (SSSR count). The van der Waals surface area contributed by atoms with Crippen molar-refractivity contribution in [3.8, 4) is 17.2 Å². The standard InChI is InChI=1S/C18H18O4/c1-2-5-13-8-10-14(11-9-13)21-18(19)17-12-20-15-6-3-4-7-16(15)22-17/h3-4,6-11,17H,2,5,12H2,1H3/t17-/m0/s1. The average Bonchev–Trinajstić information content (AvgIpc) is 2.56. The smallest absolute Gasteiger partial charge is 0.356 e. The molecule has 22 heavy (non-hydrogen) atoms. The van der Waals surface area contributed by atoms with Gasteiger partial charge in [-0.05, 0) is 36.2 Å². The van der Waals surface area contributed by atoms with Gasteiger partial charge in [-0.25, -0.2) is 4.79 Å². The minimum atomic E-state index is -0.745. The Bertz CT molecular complexity index is 648. The number of carbonyl (C=O) groups is 1. The van der Waals surface area contributed by atoms with Gasteiger partial charge in [-0.3, -0.25) is 0 Å². The highest BCUT2D eigenvalue weighted by Crippen LogP contribution is 2.31. The summed E-state index contributed by atoms with van der Waals surface area (Å²) in [6, 6.07) is 14.8. The summed E-state index contributed by atoms with van der Waals surface area (Å²) in [6.45, 7) is 2.29. The summed E-state index contributed by atoms with van der Waals surface area (Å²) in [5, 5.41) is 0. The predicted octanol–water partition coefficient (Wildman–Crippen LogP) is 3.38. The van der Waals surface area contributed by atoms with E-state index in [4.69, 9.17) is 14.2 Å². The molecule has 2 aromatic rings. The second-order valence-electron chi connectivity index (χ2n) is 5.18. The van der Waals surface area contributed by atoms with Crippen LogP contribution < -0.4 is 14.2 Å². The fourth-order valence-corrected chi connectivity index (χ4v) is 2.33. The first kappa shape index (κ1) is 14.4. The molecule has 0 saturated carbocycles. The third kappa shape index (κ3) is 3.22. The van der Waals surface area contributed by atoms with Crippen molar-refractivity contribution in [1.82, 2.24) is 0 Å². The van der Waals surface area contributed by atoms with Crippen LogP contribution in [0.3, 0.4) is 0 Å². The Kier molecular flexibility index (Phi) is 4.28. The highest BCUT2D eigenvalue weighted by atomic mass is 16.6. The van der Waals surface area contributed by atoms with E-state index < -0.39 is 12.1 Å². The molecule has 0 bridgehead atoms. The Balaban J connectivity index is 1.63. The molecule has 0 fully saturated rings. The lowest BCUT2D eigenvalue weighted by atomic mass is 10.1. The third-order valence-electron chi connectivity index (χ3n) is 3.45. The quantitative estimate of drug-likeness (QED) is 0.641. The van der Waals surface area contributed by atoms with Crippen molar-refractivity contribution in [2.45, 2.75) is 25.9 Å². The molecule has 1 aliphatic rings. The van der Waals surface area contributed by atoms with Gasteiger partial charge in [0.05, 0.1) is 0 Å². The van der Waals surface area contributed by atoms with E-state index in [2.05, 4.69) is 6.92 Å². The molecular weight excluding hydrogens is 280 g/mol. The van der Waals surface area contributed by atoms with E-state index in [0.29, 0.717) is 17.2 Å². The zero-order valence-electron chi connectivity index (χ0n) is 12.5. The first-order valence-corrected chi connectivity index (χ1v) is 7.45. The van der Waals surface area contributed by atoms with E-state index in [1.165, 1.54) is 5.56 Å². The number of hydrogen-bond acceptors (Lipinski definition) is 4. The normalized spacial score (nSPS) is 16.1. The van der Waals surface area contributed by atoms with Gasteiger partial charge < -0.3 is 14.2 Å². The topological polar surface area (TPSA) is 44.8 Å². The van der Waals surface area contributed by atoms with Gasteiger partial charge >= 0.3 is 5.97 Å². The van der Waals surface area contributed by atoms with Crippen LogP contribution in [0.4, 0.5) is 0 Å². The van der Waals surface area contributed by atoms with Gasteiger partial charge in [0.25, 0.3) is 0 Å². The number of hydrogen-bond donors (Lipinski definition) is 0. The van der Waals surface area contributed by atoms with Crippen molar-refractivity contribution in [2.75, 3.05) is 6.61 Å². The Hall–Kier alpha value is -2.49.